The van der Waals surface area contributed by atoms with E-state index in [4.69, 9.17) is 0 Å². The Kier molecular flexibility index (Phi) is 4.11. The summed E-state index contributed by atoms with van der Waals surface area (Å²) in [5, 5.41) is 6.90. The average molecular weight is 264 g/mol. The molecule has 0 aromatic rings. The van der Waals surface area contributed by atoms with Crippen molar-refractivity contribution in [2.45, 2.75) is 82.8 Å². The molecule has 1 saturated heterocycles. The van der Waals surface area contributed by atoms with Gasteiger partial charge in [0.15, 0.2) is 0 Å². The molecule has 1 amide bonds. The summed E-state index contributed by atoms with van der Waals surface area (Å²) in [6, 6.07) is 1.13. The van der Waals surface area contributed by atoms with E-state index in [0.29, 0.717) is 18.0 Å². The van der Waals surface area contributed by atoms with Crippen molar-refractivity contribution >= 4 is 5.91 Å². The molecule has 0 aromatic carbocycles. The highest BCUT2D eigenvalue weighted by atomic mass is 16.2. The van der Waals surface area contributed by atoms with Gasteiger partial charge >= 0.3 is 0 Å². The van der Waals surface area contributed by atoms with Crippen molar-refractivity contribution in [2.24, 2.45) is 11.8 Å². The van der Waals surface area contributed by atoms with Crippen molar-refractivity contribution in [1.82, 2.24) is 10.6 Å². The lowest BCUT2D eigenvalue weighted by atomic mass is 9.84. The predicted molar refractivity (Wildman–Crippen MR) is 76.8 cm³/mol. The van der Waals surface area contributed by atoms with E-state index in [0.717, 1.165) is 12.3 Å². The molecule has 3 heteroatoms. The van der Waals surface area contributed by atoms with Crippen molar-refractivity contribution in [3.63, 3.8) is 0 Å². The van der Waals surface area contributed by atoms with E-state index in [1.165, 1.54) is 51.4 Å². The molecule has 0 spiro atoms. The molecule has 0 aromatic heterocycles. The topological polar surface area (TPSA) is 41.1 Å². The van der Waals surface area contributed by atoms with Crippen molar-refractivity contribution < 1.29 is 4.79 Å². The molecule has 19 heavy (non-hydrogen) atoms. The van der Waals surface area contributed by atoms with Crippen LogP contribution in [0.5, 0.6) is 0 Å². The van der Waals surface area contributed by atoms with Gasteiger partial charge in [0, 0.05) is 12.1 Å². The lowest BCUT2D eigenvalue weighted by Gasteiger charge is -2.30. The van der Waals surface area contributed by atoms with Gasteiger partial charge in [-0.2, -0.15) is 0 Å². The SMILES string of the molecule is CC1CCCCC1NC(=O)C1CC2CCCCC2N1. The monoisotopic (exact) mass is 264 g/mol. The minimum atomic E-state index is 0.0854. The van der Waals surface area contributed by atoms with Crippen LogP contribution in [0.15, 0.2) is 0 Å². The Balaban J connectivity index is 1.53. The van der Waals surface area contributed by atoms with Gasteiger partial charge in [-0.15, -0.1) is 0 Å². The first-order chi connectivity index (χ1) is 9.24. The van der Waals surface area contributed by atoms with Crippen LogP contribution in [0.4, 0.5) is 0 Å². The molecule has 108 valence electrons. The minimum Gasteiger partial charge on any atom is -0.352 e. The molecule has 3 aliphatic rings. The summed E-state index contributed by atoms with van der Waals surface area (Å²) >= 11 is 0. The molecule has 3 rings (SSSR count). The molecule has 5 unspecified atom stereocenters. The highest BCUT2D eigenvalue weighted by Gasteiger charge is 2.38. The van der Waals surface area contributed by atoms with Crippen molar-refractivity contribution in [2.75, 3.05) is 0 Å². The molecule has 2 N–H and O–H groups in total. The van der Waals surface area contributed by atoms with Crippen LogP contribution in [-0.4, -0.2) is 24.0 Å². The van der Waals surface area contributed by atoms with E-state index in [-0.39, 0.29) is 11.9 Å². The molecule has 5 atom stereocenters. The number of hydrogen-bond donors (Lipinski definition) is 2. The zero-order valence-corrected chi connectivity index (χ0v) is 12.2. The summed E-state index contributed by atoms with van der Waals surface area (Å²) in [6.07, 6.45) is 11.4. The van der Waals surface area contributed by atoms with E-state index in [1.807, 2.05) is 0 Å². The third kappa shape index (κ3) is 2.96. The molecule has 1 aliphatic heterocycles. The van der Waals surface area contributed by atoms with Gasteiger partial charge in [-0.25, -0.2) is 0 Å². The fourth-order valence-electron chi connectivity index (χ4n) is 4.34. The largest absolute Gasteiger partial charge is 0.352 e. The first kappa shape index (κ1) is 13.4. The summed E-state index contributed by atoms with van der Waals surface area (Å²) < 4.78 is 0. The summed E-state index contributed by atoms with van der Waals surface area (Å²) in [6.45, 7) is 2.28. The minimum absolute atomic E-state index is 0.0854. The molecule has 0 bridgehead atoms. The second kappa shape index (κ2) is 5.82. The van der Waals surface area contributed by atoms with Gasteiger partial charge in [0.25, 0.3) is 0 Å². The van der Waals surface area contributed by atoms with Gasteiger partial charge in [-0.1, -0.05) is 32.6 Å². The Hall–Kier alpha value is -0.570. The molecule has 1 heterocycles. The predicted octanol–water partition coefficient (Wildman–Crippen LogP) is 2.60. The van der Waals surface area contributed by atoms with Crippen LogP contribution in [0.1, 0.15) is 64.7 Å². The highest BCUT2D eigenvalue weighted by Crippen LogP contribution is 2.33. The number of amides is 1. The second-order valence-electron chi connectivity index (χ2n) is 6.98. The van der Waals surface area contributed by atoms with Crippen LogP contribution in [0, 0.1) is 11.8 Å². The van der Waals surface area contributed by atoms with Gasteiger partial charge < -0.3 is 10.6 Å². The Morgan fingerprint density at radius 2 is 1.79 bits per heavy atom. The quantitative estimate of drug-likeness (QED) is 0.805. The fourth-order valence-corrected chi connectivity index (χ4v) is 4.34. The summed E-state index contributed by atoms with van der Waals surface area (Å²) in [7, 11) is 0. The lowest BCUT2D eigenvalue weighted by Crippen LogP contribution is -2.49. The third-order valence-corrected chi connectivity index (χ3v) is 5.62. The van der Waals surface area contributed by atoms with Crippen molar-refractivity contribution in [3.05, 3.63) is 0 Å². The molecule has 2 aliphatic carbocycles. The smallest absolute Gasteiger partial charge is 0.237 e. The number of fused-ring (bicyclic) bond motifs is 1. The Morgan fingerprint density at radius 1 is 1.05 bits per heavy atom. The van der Waals surface area contributed by atoms with E-state index in [9.17, 15) is 4.79 Å². The van der Waals surface area contributed by atoms with Crippen LogP contribution in [-0.2, 0) is 4.79 Å². The van der Waals surface area contributed by atoms with Crippen LogP contribution in [0.25, 0.3) is 0 Å². The van der Waals surface area contributed by atoms with Crippen LogP contribution < -0.4 is 10.6 Å². The van der Waals surface area contributed by atoms with Gasteiger partial charge in [-0.3, -0.25) is 4.79 Å². The zero-order valence-electron chi connectivity index (χ0n) is 12.2. The van der Waals surface area contributed by atoms with Crippen LogP contribution in [0.2, 0.25) is 0 Å². The van der Waals surface area contributed by atoms with Crippen molar-refractivity contribution in [3.8, 4) is 0 Å². The van der Waals surface area contributed by atoms with Gasteiger partial charge in [0.2, 0.25) is 5.91 Å². The van der Waals surface area contributed by atoms with Crippen LogP contribution >= 0.6 is 0 Å². The van der Waals surface area contributed by atoms with E-state index >= 15 is 0 Å². The first-order valence-electron chi connectivity index (χ1n) is 8.30. The van der Waals surface area contributed by atoms with E-state index in [1.54, 1.807) is 0 Å². The first-order valence-corrected chi connectivity index (χ1v) is 8.30. The number of hydrogen-bond acceptors (Lipinski definition) is 2. The fraction of sp³-hybridized carbons (Fsp3) is 0.938. The maximum Gasteiger partial charge on any atom is 0.237 e. The van der Waals surface area contributed by atoms with Crippen LogP contribution in [0.3, 0.4) is 0 Å². The molecular formula is C16H28N2O. The number of carbonyl (C=O) groups excluding carboxylic acids is 1. The van der Waals surface area contributed by atoms with E-state index < -0.39 is 0 Å². The summed E-state index contributed by atoms with van der Waals surface area (Å²) in [5.74, 6) is 1.68. The zero-order chi connectivity index (χ0) is 13.2. The summed E-state index contributed by atoms with van der Waals surface area (Å²) in [5.41, 5.74) is 0. The molecule has 0 radical (unpaired) electrons. The number of carbonyl (C=O) groups is 1. The number of rotatable bonds is 2. The third-order valence-electron chi connectivity index (χ3n) is 5.62. The Morgan fingerprint density at radius 3 is 2.58 bits per heavy atom. The maximum absolute atomic E-state index is 12.4. The normalized spacial score (nSPS) is 42.7. The van der Waals surface area contributed by atoms with Gasteiger partial charge in [0.1, 0.15) is 0 Å². The highest BCUT2D eigenvalue weighted by molar-refractivity contribution is 5.82. The van der Waals surface area contributed by atoms with Crippen molar-refractivity contribution in [1.29, 1.82) is 0 Å². The average Bonchev–Trinajstić information content (AvgIpc) is 2.85. The van der Waals surface area contributed by atoms with Gasteiger partial charge in [0.05, 0.1) is 6.04 Å². The van der Waals surface area contributed by atoms with E-state index in [2.05, 4.69) is 17.6 Å². The second-order valence-corrected chi connectivity index (χ2v) is 6.98. The maximum atomic E-state index is 12.4. The summed E-state index contributed by atoms with van der Waals surface area (Å²) in [4.78, 5) is 12.4. The lowest BCUT2D eigenvalue weighted by molar-refractivity contribution is -0.124. The molecular weight excluding hydrogens is 236 g/mol. The number of nitrogens with one attached hydrogen (secondary N) is 2. The standard InChI is InChI=1S/C16H28N2O/c1-11-6-2-4-8-13(11)18-16(19)15-10-12-7-3-5-9-14(12)17-15/h11-15,17H,2-10H2,1H3,(H,18,19). The Bertz CT molecular complexity index is 317. The molecule has 3 nitrogen and oxygen atoms in total. The molecule has 3 fully saturated rings. The van der Waals surface area contributed by atoms with Gasteiger partial charge in [-0.05, 0) is 43.9 Å². The molecule has 2 saturated carbocycles. The Labute approximate surface area is 116 Å².